The smallest absolute Gasteiger partial charge is 0.273 e. The second-order valence-electron chi connectivity index (χ2n) is 6.55. The number of nitro benzene ring substituents is 1. The molecule has 0 saturated carbocycles. The Hall–Kier alpha value is -3.81. The maximum atomic E-state index is 12.8. The fraction of sp³-hybridized carbons (Fsp3) is 0.150. The number of benzene rings is 2. The van der Waals surface area contributed by atoms with E-state index in [0.29, 0.717) is 11.5 Å². The van der Waals surface area contributed by atoms with Crippen molar-refractivity contribution in [2.45, 2.75) is 19.8 Å². The lowest BCUT2D eigenvalue weighted by Crippen LogP contribution is -2.54. The van der Waals surface area contributed by atoms with Gasteiger partial charge in [-0.05, 0) is 35.3 Å². The van der Waals surface area contributed by atoms with Crippen LogP contribution in [0.15, 0.2) is 54.1 Å². The van der Waals surface area contributed by atoms with E-state index in [1.54, 1.807) is 12.1 Å². The largest absolute Gasteiger partial charge is 0.335 e. The Morgan fingerprint density at radius 1 is 1.00 bits per heavy atom. The van der Waals surface area contributed by atoms with E-state index in [1.165, 1.54) is 30.3 Å². The van der Waals surface area contributed by atoms with Gasteiger partial charge in [0, 0.05) is 12.1 Å². The van der Waals surface area contributed by atoms with Gasteiger partial charge < -0.3 is 0 Å². The molecule has 1 heterocycles. The van der Waals surface area contributed by atoms with Gasteiger partial charge in [0.15, 0.2) is 0 Å². The van der Waals surface area contributed by atoms with Crippen molar-refractivity contribution in [2.24, 2.45) is 0 Å². The van der Waals surface area contributed by atoms with Gasteiger partial charge >= 0.3 is 6.03 Å². The van der Waals surface area contributed by atoms with Crippen molar-refractivity contribution in [2.75, 3.05) is 4.90 Å². The van der Waals surface area contributed by atoms with Crippen LogP contribution in [-0.2, 0) is 9.59 Å². The Kier molecular flexibility index (Phi) is 5.04. The van der Waals surface area contributed by atoms with Crippen LogP contribution in [0.1, 0.15) is 30.9 Å². The summed E-state index contributed by atoms with van der Waals surface area (Å²) >= 11 is 0. The number of barbiturate groups is 1. The number of hydrogen-bond donors (Lipinski definition) is 1. The Labute approximate surface area is 160 Å². The molecule has 0 aromatic heterocycles. The number of nitrogens with zero attached hydrogens (tertiary/aromatic N) is 2. The molecule has 8 heteroatoms. The van der Waals surface area contributed by atoms with Gasteiger partial charge in [-0.1, -0.05) is 38.1 Å². The van der Waals surface area contributed by atoms with E-state index in [9.17, 15) is 24.5 Å². The first-order valence-corrected chi connectivity index (χ1v) is 8.54. The second kappa shape index (κ2) is 7.43. The lowest BCUT2D eigenvalue weighted by atomic mass is 10.0. The number of rotatable bonds is 4. The Balaban J connectivity index is 1.94. The van der Waals surface area contributed by atoms with E-state index in [2.05, 4.69) is 19.2 Å². The summed E-state index contributed by atoms with van der Waals surface area (Å²) in [5.74, 6) is -1.24. The van der Waals surface area contributed by atoms with Gasteiger partial charge in [0.1, 0.15) is 5.57 Å². The third-order valence-corrected chi connectivity index (χ3v) is 4.33. The molecule has 28 heavy (non-hydrogen) atoms. The molecule has 0 bridgehead atoms. The third kappa shape index (κ3) is 3.66. The molecule has 2 aromatic carbocycles. The van der Waals surface area contributed by atoms with Crippen LogP contribution >= 0.6 is 0 Å². The average molecular weight is 379 g/mol. The second-order valence-corrected chi connectivity index (χ2v) is 6.55. The van der Waals surface area contributed by atoms with Crippen molar-refractivity contribution < 1.29 is 19.3 Å². The first kappa shape index (κ1) is 19.0. The number of carbonyl (C=O) groups is 3. The summed E-state index contributed by atoms with van der Waals surface area (Å²) in [6, 6.07) is 11.4. The van der Waals surface area contributed by atoms with Crippen LogP contribution in [0.5, 0.6) is 0 Å². The Morgan fingerprint density at radius 3 is 2.14 bits per heavy atom. The van der Waals surface area contributed by atoms with Crippen molar-refractivity contribution in [1.82, 2.24) is 5.32 Å². The number of amides is 4. The van der Waals surface area contributed by atoms with E-state index < -0.39 is 22.8 Å². The predicted octanol–water partition coefficient (Wildman–Crippen LogP) is 3.38. The quantitative estimate of drug-likeness (QED) is 0.379. The molecule has 0 atom stereocenters. The topological polar surface area (TPSA) is 110 Å². The van der Waals surface area contributed by atoms with Crippen molar-refractivity contribution in [3.05, 3.63) is 75.3 Å². The van der Waals surface area contributed by atoms with Gasteiger partial charge in [-0.25, -0.2) is 9.69 Å². The molecule has 1 N–H and O–H groups in total. The first-order chi connectivity index (χ1) is 13.3. The standard InChI is InChI=1S/C20H17N3O5/c1-12(2)14-5-3-13(4-6-14)11-17-18(24)21-20(26)22(19(17)25)15-7-9-16(10-8-15)23(27)28/h3-12H,1-2H3,(H,21,24,26)/b17-11-. The lowest BCUT2D eigenvalue weighted by molar-refractivity contribution is -0.384. The van der Waals surface area contributed by atoms with Crippen molar-refractivity contribution >= 4 is 35.3 Å². The third-order valence-electron chi connectivity index (χ3n) is 4.33. The molecular formula is C20H17N3O5. The van der Waals surface area contributed by atoms with Gasteiger partial charge in [0.2, 0.25) is 0 Å². The monoisotopic (exact) mass is 379 g/mol. The zero-order valence-corrected chi connectivity index (χ0v) is 15.2. The Morgan fingerprint density at radius 2 is 1.61 bits per heavy atom. The molecule has 8 nitrogen and oxygen atoms in total. The highest BCUT2D eigenvalue weighted by Crippen LogP contribution is 2.24. The molecule has 0 radical (unpaired) electrons. The maximum absolute atomic E-state index is 12.8. The van der Waals surface area contributed by atoms with E-state index in [0.717, 1.165) is 10.5 Å². The van der Waals surface area contributed by atoms with Crippen LogP contribution in [0.3, 0.4) is 0 Å². The Bertz CT molecular complexity index is 992. The minimum Gasteiger partial charge on any atom is -0.273 e. The van der Waals surface area contributed by atoms with Crippen molar-refractivity contribution in [3.63, 3.8) is 0 Å². The van der Waals surface area contributed by atoms with E-state index >= 15 is 0 Å². The predicted molar refractivity (Wildman–Crippen MR) is 103 cm³/mol. The number of nitro groups is 1. The summed E-state index contributed by atoms with van der Waals surface area (Å²) < 4.78 is 0. The van der Waals surface area contributed by atoms with E-state index in [-0.39, 0.29) is 16.9 Å². The van der Waals surface area contributed by atoms with Gasteiger partial charge in [-0.2, -0.15) is 0 Å². The number of urea groups is 1. The van der Waals surface area contributed by atoms with Crippen molar-refractivity contribution in [3.8, 4) is 0 Å². The molecule has 4 amide bonds. The number of nitrogens with one attached hydrogen (secondary N) is 1. The van der Waals surface area contributed by atoms with Crippen LogP contribution in [0.25, 0.3) is 6.08 Å². The number of imide groups is 2. The molecule has 142 valence electrons. The molecule has 1 aliphatic heterocycles. The summed E-state index contributed by atoms with van der Waals surface area (Å²) in [5, 5.41) is 12.9. The van der Waals surface area contributed by atoms with Crippen LogP contribution < -0.4 is 10.2 Å². The van der Waals surface area contributed by atoms with E-state index in [1.807, 2.05) is 12.1 Å². The minimum atomic E-state index is -0.906. The molecule has 2 aromatic rings. The fourth-order valence-corrected chi connectivity index (χ4v) is 2.76. The van der Waals surface area contributed by atoms with Gasteiger partial charge in [0.05, 0.1) is 10.6 Å². The number of carbonyl (C=O) groups excluding carboxylic acids is 3. The summed E-state index contributed by atoms with van der Waals surface area (Å²) in [6.45, 7) is 4.11. The summed E-state index contributed by atoms with van der Waals surface area (Å²) in [6.07, 6.45) is 1.41. The molecule has 0 spiro atoms. The number of non-ortho nitro benzene ring substituents is 1. The zero-order valence-electron chi connectivity index (χ0n) is 15.2. The van der Waals surface area contributed by atoms with Crippen LogP contribution in [-0.4, -0.2) is 22.8 Å². The molecule has 0 unspecified atom stereocenters. The number of hydrogen-bond acceptors (Lipinski definition) is 5. The van der Waals surface area contributed by atoms with Crippen LogP contribution in [0, 0.1) is 10.1 Å². The van der Waals surface area contributed by atoms with Crippen molar-refractivity contribution in [1.29, 1.82) is 0 Å². The SMILES string of the molecule is CC(C)c1ccc(/C=C2/C(=O)NC(=O)N(c3ccc([N+](=O)[O-])cc3)C2=O)cc1. The van der Waals surface area contributed by atoms with Crippen LogP contribution in [0.2, 0.25) is 0 Å². The molecular weight excluding hydrogens is 362 g/mol. The molecule has 1 fully saturated rings. The molecule has 0 aliphatic carbocycles. The molecule has 1 aliphatic rings. The minimum absolute atomic E-state index is 0.127. The normalized spacial score (nSPS) is 15.9. The highest BCUT2D eigenvalue weighted by atomic mass is 16.6. The van der Waals surface area contributed by atoms with Gasteiger partial charge in [-0.15, -0.1) is 0 Å². The lowest BCUT2D eigenvalue weighted by Gasteiger charge is -2.26. The summed E-state index contributed by atoms with van der Waals surface area (Å²) in [5.41, 5.74) is 1.51. The van der Waals surface area contributed by atoms with Gasteiger partial charge in [0.25, 0.3) is 17.5 Å². The molecule has 1 saturated heterocycles. The number of anilines is 1. The highest BCUT2D eigenvalue weighted by molar-refractivity contribution is 6.39. The van der Waals surface area contributed by atoms with Crippen LogP contribution in [0.4, 0.5) is 16.2 Å². The molecule has 3 rings (SSSR count). The summed E-state index contributed by atoms with van der Waals surface area (Å²) in [4.78, 5) is 48.1. The van der Waals surface area contributed by atoms with E-state index in [4.69, 9.17) is 0 Å². The average Bonchev–Trinajstić information content (AvgIpc) is 2.65. The van der Waals surface area contributed by atoms with Gasteiger partial charge in [-0.3, -0.25) is 25.0 Å². The first-order valence-electron chi connectivity index (χ1n) is 8.54. The highest BCUT2D eigenvalue weighted by Gasteiger charge is 2.36. The zero-order chi connectivity index (χ0) is 20.4. The fourth-order valence-electron chi connectivity index (χ4n) is 2.76. The maximum Gasteiger partial charge on any atom is 0.335 e. The summed E-state index contributed by atoms with van der Waals surface area (Å²) in [7, 11) is 0.